The Hall–Kier alpha value is -1.10. The Labute approximate surface area is 121 Å². The van der Waals surface area contributed by atoms with Crippen LogP contribution in [0.3, 0.4) is 0 Å². The summed E-state index contributed by atoms with van der Waals surface area (Å²) in [6, 6.07) is -0.0715. The van der Waals surface area contributed by atoms with Crippen LogP contribution in [0.25, 0.3) is 0 Å². The quantitative estimate of drug-likeness (QED) is 0.717. The van der Waals surface area contributed by atoms with Crippen molar-refractivity contribution >= 4 is 11.9 Å². The summed E-state index contributed by atoms with van der Waals surface area (Å²) < 4.78 is 0. The standard InChI is InChI=1S/C15H28N2O3/c1-6-16-13(18)10(3)17-12-8-7-11(14(19)20)15(4,5)9(12)2/h9-12,17H,6-8H2,1-5H3,(H,16,18)(H,19,20). The topological polar surface area (TPSA) is 78.4 Å². The Morgan fingerprint density at radius 2 is 1.95 bits per heavy atom. The van der Waals surface area contributed by atoms with Crippen LogP contribution in [0.15, 0.2) is 0 Å². The van der Waals surface area contributed by atoms with E-state index in [1.165, 1.54) is 0 Å². The van der Waals surface area contributed by atoms with Gasteiger partial charge in [-0.3, -0.25) is 9.59 Å². The Morgan fingerprint density at radius 3 is 2.45 bits per heavy atom. The van der Waals surface area contributed by atoms with E-state index in [1.54, 1.807) is 0 Å². The number of hydrogen-bond donors (Lipinski definition) is 3. The van der Waals surface area contributed by atoms with Crippen LogP contribution in [0.4, 0.5) is 0 Å². The molecule has 4 unspecified atom stereocenters. The largest absolute Gasteiger partial charge is 0.481 e. The summed E-state index contributed by atoms with van der Waals surface area (Å²) in [6.45, 7) is 10.5. The number of aliphatic carboxylic acids is 1. The van der Waals surface area contributed by atoms with Gasteiger partial charge in [0.05, 0.1) is 12.0 Å². The molecule has 0 spiro atoms. The Morgan fingerprint density at radius 1 is 1.35 bits per heavy atom. The van der Waals surface area contributed by atoms with Crippen molar-refractivity contribution in [2.24, 2.45) is 17.3 Å². The highest BCUT2D eigenvalue weighted by Gasteiger charge is 2.46. The number of carbonyl (C=O) groups is 2. The SMILES string of the molecule is CCNC(=O)C(C)NC1CCC(C(=O)O)C(C)(C)C1C. The zero-order valence-corrected chi connectivity index (χ0v) is 13.2. The Balaban J connectivity index is 2.71. The number of carbonyl (C=O) groups excluding carboxylic acids is 1. The maximum atomic E-state index is 11.8. The highest BCUT2D eigenvalue weighted by Crippen LogP contribution is 2.45. The molecule has 5 heteroatoms. The number of nitrogens with one attached hydrogen (secondary N) is 2. The fraction of sp³-hybridized carbons (Fsp3) is 0.867. The average Bonchev–Trinajstić information content (AvgIpc) is 2.34. The minimum Gasteiger partial charge on any atom is -0.481 e. The number of hydrogen-bond acceptors (Lipinski definition) is 3. The van der Waals surface area contributed by atoms with E-state index in [0.717, 1.165) is 6.42 Å². The van der Waals surface area contributed by atoms with Crippen LogP contribution >= 0.6 is 0 Å². The second kappa shape index (κ2) is 6.57. The molecule has 1 aliphatic carbocycles. The number of amides is 1. The van der Waals surface area contributed by atoms with Gasteiger partial charge in [-0.25, -0.2) is 0 Å². The molecular weight excluding hydrogens is 256 g/mol. The highest BCUT2D eigenvalue weighted by atomic mass is 16.4. The molecule has 0 heterocycles. The van der Waals surface area contributed by atoms with E-state index in [2.05, 4.69) is 17.6 Å². The predicted molar refractivity (Wildman–Crippen MR) is 78.4 cm³/mol. The molecule has 4 atom stereocenters. The van der Waals surface area contributed by atoms with E-state index < -0.39 is 5.97 Å². The van der Waals surface area contributed by atoms with E-state index in [9.17, 15) is 14.7 Å². The van der Waals surface area contributed by atoms with Crippen molar-refractivity contribution in [2.45, 2.75) is 59.5 Å². The van der Waals surface area contributed by atoms with E-state index in [1.807, 2.05) is 27.7 Å². The van der Waals surface area contributed by atoms with Crippen molar-refractivity contribution in [1.82, 2.24) is 10.6 Å². The maximum Gasteiger partial charge on any atom is 0.307 e. The van der Waals surface area contributed by atoms with Crippen LogP contribution in [0, 0.1) is 17.3 Å². The van der Waals surface area contributed by atoms with Crippen molar-refractivity contribution in [1.29, 1.82) is 0 Å². The highest BCUT2D eigenvalue weighted by molar-refractivity contribution is 5.81. The van der Waals surface area contributed by atoms with Gasteiger partial charge in [-0.2, -0.15) is 0 Å². The summed E-state index contributed by atoms with van der Waals surface area (Å²) in [7, 11) is 0. The smallest absolute Gasteiger partial charge is 0.307 e. The summed E-state index contributed by atoms with van der Waals surface area (Å²) in [6.07, 6.45) is 1.46. The van der Waals surface area contributed by atoms with Crippen molar-refractivity contribution < 1.29 is 14.7 Å². The Bertz CT molecular complexity index is 368. The van der Waals surface area contributed by atoms with Gasteiger partial charge >= 0.3 is 5.97 Å². The number of carboxylic acid groups (broad SMARTS) is 1. The van der Waals surface area contributed by atoms with Gasteiger partial charge in [0.25, 0.3) is 0 Å². The normalized spacial score (nSPS) is 30.6. The minimum absolute atomic E-state index is 0.00198. The van der Waals surface area contributed by atoms with Gasteiger partial charge in [-0.15, -0.1) is 0 Å². The molecule has 1 amide bonds. The molecule has 1 aliphatic rings. The van der Waals surface area contributed by atoms with Crippen molar-refractivity contribution in [2.75, 3.05) is 6.54 Å². The first-order valence-corrected chi connectivity index (χ1v) is 7.48. The molecule has 0 aromatic rings. The molecule has 1 fully saturated rings. The zero-order valence-electron chi connectivity index (χ0n) is 13.2. The van der Waals surface area contributed by atoms with Gasteiger partial charge in [0.1, 0.15) is 0 Å². The molecule has 0 aromatic heterocycles. The van der Waals surface area contributed by atoms with E-state index in [-0.39, 0.29) is 35.2 Å². The van der Waals surface area contributed by atoms with Crippen molar-refractivity contribution in [3.63, 3.8) is 0 Å². The van der Waals surface area contributed by atoms with Gasteiger partial charge in [0.2, 0.25) is 5.91 Å². The fourth-order valence-corrected chi connectivity index (χ4v) is 3.20. The zero-order chi connectivity index (χ0) is 15.5. The third-order valence-corrected chi connectivity index (χ3v) is 4.95. The molecule has 0 radical (unpaired) electrons. The summed E-state index contributed by atoms with van der Waals surface area (Å²) in [4.78, 5) is 23.1. The lowest BCUT2D eigenvalue weighted by molar-refractivity contribution is -0.150. The molecule has 5 nitrogen and oxygen atoms in total. The molecule has 116 valence electrons. The van der Waals surface area contributed by atoms with E-state index in [0.29, 0.717) is 13.0 Å². The molecule has 20 heavy (non-hydrogen) atoms. The summed E-state index contributed by atoms with van der Waals surface area (Å²) in [5, 5.41) is 15.5. The van der Waals surface area contributed by atoms with Crippen molar-refractivity contribution in [3.05, 3.63) is 0 Å². The monoisotopic (exact) mass is 284 g/mol. The van der Waals surface area contributed by atoms with Gasteiger partial charge < -0.3 is 15.7 Å². The molecule has 0 aliphatic heterocycles. The summed E-state index contributed by atoms with van der Waals surface area (Å²) in [5.41, 5.74) is -0.275. The van der Waals surface area contributed by atoms with Gasteiger partial charge in [-0.05, 0) is 38.0 Å². The number of likely N-dealkylation sites (N-methyl/N-ethyl adjacent to an activating group) is 1. The molecule has 3 N–H and O–H groups in total. The average molecular weight is 284 g/mol. The fourth-order valence-electron chi connectivity index (χ4n) is 3.20. The number of rotatable bonds is 5. The van der Waals surface area contributed by atoms with Crippen LogP contribution in [0.1, 0.15) is 47.5 Å². The van der Waals surface area contributed by atoms with E-state index >= 15 is 0 Å². The van der Waals surface area contributed by atoms with E-state index in [4.69, 9.17) is 0 Å². The van der Waals surface area contributed by atoms with Crippen molar-refractivity contribution in [3.8, 4) is 0 Å². The second-order valence-corrected chi connectivity index (χ2v) is 6.47. The molecule has 1 rings (SSSR count). The van der Waals surface area contributed by atoms with Crippen LogP contribution in [-0.2, 0) is 9.59 Å². The van der Waals surface area contributed by atoms with Crippen LogP contribution < -0.4 is 10.6 Å². The lowest BCUT2D eigenvalue weighted by Gasteiger charge is -2.47. The third kappa shape index (κ3) is 3.51. The first-order chi connectivity index (χ1) is 9.21. The maximum absolute atomic E-state index is 11.8. The molecule has 0 bridgehead atoms. The summed E-state index contributed by atoms with van der Waals surface area (Å²) >= 11 is 0. The molecular formula is C15H28N2O3. The van der Waals surface area contributed by atoms with Crippen LogP contribution in [0.2, 0.25) is 0 Å². The second-order valence-electron chi connectivity index (χ2n) is 6.47. The third-order valence-electron chi connectivity index (χ3n) is 4.95. The first kappa shape index (κ1) is 17.0. The Kier molecular flexibility index (Phi) is 5.57. The molecule has 0 aromatic carbocycles. The van der Waals surface area contributed by atoms with Crippen LogP contribution in [-0.4, -0.2) is 35.6 Å². The molecule has 0 saturated heterocycles. The molecule has 1 saturated carbocycles. The minimum atomic E-state index is -0.711. The lowest BCUT2D eigenvalue weighted by Crippen LogP contribution is -2.55. The van der Waals surface area contributed by atoms with Gasteiger partial charge in [0, 0.05) is 12.6 Å². The first-order valence-electron chi connectivity index (χ1n) is 7.48. The number of carboxylic acids is 1. The summed E-state index contributed by atoms with van der Waals surface area (Å²) in [5.74, 6) is -0.820. The predicted octanol–water partition coefficient (Wildman–Crippen LogP) is 1.63. The van der Waals surface area contributed by atoms with Crippen LogP contribution in [0.5, 0.6) is 0 Å². The van der Waals surface area contributed by atoms with Gasteiger partial charge in [-0.1, -0.05) is 20.8 Å². The van der Waals surface area contributed by atoms with Gasteiger partial charge in [0.15, 0.2) is 0 Å². The lowest BCUT2D eigenvalue weighted by atomic mass is 9.61.